The molecule has 0 aliphatic carbocycles. The summed E-state index contributed by atoms with van der Waals surface area (Å²) in [6.07, 6.45) is 0.317. The number of amides is 1. The Hall–Kier alpha value is -2.18. The van der Waals surface area contributed by atoms with Crippen LogP contribution in [0.25, 0.3) is 0 Å². The first-order valence-electron chi connectivity index (χ1n) is 8.32. The van der Waals surface area contributed by atoms with Gasteiger partial charge in [0.1, 0.15) is 0 Å². The Morgan fingerprint density at radius 2 is 2.17 bits per heavy atom. The molecule has 1 amide bonds. The number of carbonyl (C=O) groups excluding carboxylic acids is 1. The van der Waals surface area contributed by atoms with E-state index in [1.807, 2.05) is 48.2 Å². The molecular formula is C18H24N4O2. The third kappa shape index (κ3) is 4.43. The number of aliphatic hydroxyl groups excluding tert-OH is 1. The van der Waals surface area contributed by atoms with E-state index in [4.69, 9.17) is 0 Å². The molecule has 0 bridgehead atoms. The lowest BCUT2D eigenvalue weighted by Crippen LogP contribution is -2.36. The monoisotopic (exact) mass is 328 g/mol. The highest BCUT2D eigenvalue weighted by atomic mass is 16.3. The number of aryl methyl sites for hydroxylation is 1. The molecule has 6 heteroatoms. The summed E-state index contributed by atoms with van der Waals surface area (Å²) in [6, 6.07) is 11.8. The van der Waals surface area contributed by atoms with Gasteiger partial charge in [-0.05, 0) is 25.0 Å². The minimum Gasteiger partial charge on any atom is -0.391 e. The highest BCUT2D eigenvalue weighted by Crippen LogP contribution is 2.20. The van der Waals surface area contributed by atoms with Crippen molar-refractivity contribution in [2.24, 2.45) is 5.92 Å². The Morgan fingerprint density at radius 1 is 1.38 bits per heavy atom. The van der Waals surface area contributed by atoms with Gasteiger partial charge >= 0.3 is 0 Å². The van der Waals surface area contributed by atoms with E-state index in [1.54, 1.807) is 0 Å². The van der Waals surface area contributed by atoms with Gasteiger partial charge in [0.25, 0.3) is 0 Å². The molecule has 1 aliphatic rings. The van der Waals surface area contributed by atoms with E-state index in [1.165, 1.54) is 0 Å². The maximum atomic E-state index is 12.1. The highest BCUT2D eigenvalue weighted by molar-refractivity contribution is 5.78. The lowest BCUT2D eigenvalue weighted by Gasteiger charge is -2.15. The van der Waals surface area contributed by atoms with Crippen LogP contribution in [0.1, 0.15) is 17.0 Å². The topological polar surface area (TPSA) is 81.2 Å². The zero-order valence-corrected chi connectivity index (χ0v) is 13.9. The van der Waals surface area contributed by atoms with Gasteiger partial charge in [-0.3, -0.25) is 14.8 Å². The number of aromatic nitrogens is 2. The number of rotatable bonds is 6. The molecule has 1 saturated heterocycles. The maximum Gasteiger partial charge on any atom is 0.234 e. The fourth-order valence-corrected chi connectivity index (χ4v) is 3.17. The fraction of sp³-hybridized carbons (Fsp3) is 0.444. The van der Waals surface area contributed by atoms with Gasteiger partial charge in [0, 0.05) is 31.2 Å². The largest absolute Gasteiger partial charge is 0.391 e. The molecule has 6 nitrogen and oxygen atoms in total. The second-order valence-corrected chi connectivity index (χ2v) is 6.53. The van der Waals surface area contributed by atoms with Gasteiger partial charge in [-0.25, -0.2) is 0 Å². The van der Waals surface area contributed by atoms with E-state index in [9.17, 15) is 9.90 Å². The highest BCUT2D eigenvalue weighted by Gasteiger charge is 2.32. The smallest absolute Gasteiger partial charge is 0.234 e. The number of hydrogen-bond donors (Lipinski definition) is 3. The minimum absolute atomic E-state index is 0.0117. The van der Waals surface area contributed by atoms with Crippen molar-refractivity contribution in [2.45, 2.75) is 26.0 Å². The second-order valence-electron chi connectivity index (χ2n) is 6.53. The molecule has 2 unspecified atom stereocenters. The molecule has 1 aromatic heterocycles. The van der Waals surface area contributed by atoms with Crippen LogP contribution in [0.3, 0.4) is 0 Å². The Balaban J connectivity index is 1.45. The van der Waals surface area contributed by atoms with Crippen LogP contribution < -0.4 is 5.32 Å². The summed E-state index contributed by atoms with van der Waals surface area (Å²) in [5.41, 5.74) is 3.07. The van der Waals surface area contributed by atoms with E-state index in [0.717, 1.165) is 23.4 Å². The molecule has 0 spiro atoms. The zero-order chi connectivity index (χ0) is 16.9. The predicted molar refractivity (Wildman–Crippen MR) is 91.3 cm³/mol. The van der Waals surface area contributed by atoms with Crippen LogP contribution in [0.15, 0.2) is 36.4 Å². The normalized spacial score (nSPS) is 21.1. The van der Waals surface area contributed by atoms with Crippen molar-refractivity contribution in [3.63, 3.8) is 0 Å². The molecule has 128 valence electrons. The lowest BCUT2D eigenvalue weighted by atomic mass is 10.0. The van der Waals surface area contributed by atoms with E-state index in [-0.39, 0.29) is 11.8 Å². The number of β-amino-alcohol motifs (C(OH)–C–C–N with tert-alkyl or cyclic N) is 1. The summed E-state index contributed by atoms with van der Waals surface area (Å²) in [7, 11) is 0. The first kappa shape index (κ1) is 16.7. The first-order chi connectivity index (χ1) is 11.6. The summed E-state index contributed by atoms with van der Waals surface area (Å²) in [4.78, 5) is 14.1. The fourth-order valence-electron chi connectivity index (χ4n) is 3.17. The predicted octanol–water partition coefficient (Wildman–Crippen LogP) is 0.870. The van der Waals surface area contributed by atoms with Crippen LogP contribution in [0, 0.1) is 12.8 Å². The Kier molecular flexibility index (Phi) is 5.27. The number of aliphatic hydroxyl groups is 1. The van der Waals surface area contributed by atoms with Gasteiger partial charge in [-0.15, -0.1) is 0 Å². The lowest BCUT2D eigenvalue weighted by molar-refractivity contribution is -0.122. The van der Waals surface area contributed by atoms with Crippen LogP contribution in [0.2, 0.25) is 0 Å². The average Bonchev–Trinajstić information content (AvgIpc) is 3.12. The summed E-state index contributed by atoms with van der Waals surface area (Å²) >= 11 is 0. The van der Waals surface area contributed by atoms with Crippen molar-refractivity contribution >= 4 is 5.91 Å². The molecule has 1 aromatic carbocycles. The molecular weight excluding hydrogens is 304 g/mol. The number of nitrogens with zero attached hydrogens (tertiary/aromatic N) is 2. The van der Waals surface area contributed by atoms with Crippen LogP contribution >= 0.6 is 0 Å². The van der Waals surface area contributed by atoms with Crippen LogP contribution in [0.4, 0.5) is 0 Å². The quantitative estimate of drug-likeness (QED) is 0.735. The number of likely N-dealkylation sites (tertiary alicyclic amines) is 1. The summed E-state index contributed by atoms with van der Waals surface area (Å²) in [5, 5.41) is 20.3. The van der Waals surface area contributed by atoms with Crippen molar-refractivity contribution in [3.8, 4) is 0 Å². The number of carbonyl (C=O) groups is 1. The minimum atomic E-state index is -0.413. The Labute approximate surface area is 141 Å². The van der Waals surface area contributed by atoms with Crippen LogP contribution in [-0.2, 0) is 17.8 Å². The van der Waals surface area contributed by atoms with Crippen LogP contribution in [-0.4, -0.2) is 51.8 Å². The Bertz CT molecular complexity index is 671. The molecule has 3 N–H and O–H groups in total. The van der Waals surface area contributed by atoms with E-state index >= 15 is 0 Å². The molecule has 2 heterocycles. The summed E-state index contributed by atoms with van der Waals surface area (Å²) < 4.78 is 0. The molecule has 0 saturated carbocycles. The van der Waals surface area contributed by atoms with E-state index in [2.05, 4.69) is 15.5 Å². The van der Waals surface area contributed by atoms with Crippen molar-refractivity contribution < 1.29 is 9.90 Å². The average molecular weight is 328 g/mol. The van der Waals surface area contributed by atoms with E-state index < -0.39 is 6.10 Å². The molecule has 3 rings (SSSR count). The summed E-state index contributed by atoms with van der Waals surface area (Å²) in [6.45, 7) is 4.07. The van der Waals surface area contributed by atoms with E-state index in [0.29, 0.717) is 26.2 Å². The van der Waals surface area contributed by atoms with Gasteiger partial charge in [0.15, 0.2) is 0 Å². The molecule has 2 atom stereocenters. The van der Waals surface area contributed by atoms with Gasteiger partial charge < -0.3 is 10.4 Å². The first-order valence-corrected chi connectivity index (χ1v) is 8.32. The van der Waals surface area contributed by atoms with Crippen molar-refractivity contribution in [1.82, 2.24) is 20.4 Å². The maximum absolute atomic E-state index is 12.1. The Morgan fingerprint density at radius 3 is 2.88 bits per heavy atom. The molecule has 2 aromatic rings. The van der Waals surface area contributed by atoms with Gasteiger partial charge in [-0.2, -0.15) is 5.10 Å². The summed E-state index contributed by atoms with van der Waals surface area (Å²) in [5.74, 6) is 0.108. The molecule has 0 radical (unpaired) electrons. The third-order valence-corrected chi connectivity index (χ3v) is 4.41. The van der Waals surface area contributed by atoms with Crippen molar-refractivity contribution in [1.29, 1.82) is 0 Å². The van der Waals surface area contributed by atoms with Gasteiger partial charge in [0.05, 0.1) is 18.3 Å². The SMILES string of the molecule is Cc1cc(CC2CN(CC(=O)NCc3ccccc3)CC2O)n[nH]1. The number of H-pyrrole nitrogens is 1. The van der Waals surface area contributed by atoms with Gasteiger partial charge in [-0.1, -0.05) is 30.3 Å². The van der Waals surface area contributed by atoms with Crippen molar-refractivity contribution in [2.75, 3.05) is 19.6 Å². The number of hydrogen-bond acceptors (Lipinski definition) is 4. The van der Waals surface area contributed by atoms with Crippen LogP contribution in [0.5, 0.6) is 0 Å². The molecule has 24 heavy (non-hydrogen) atoms. The molecule has 1 fully saturated rings. The third-order valence-electron chi connectivity index (χ3n) is 4.41. The van der Waals surface area contributed by atoms with Gasteiger partial charge in [0.2, 0.25) is 5.91 Å². The number of aromatic amines is 1. The standard InChI is InChI=1S/C18H24N4O2/c1-13-7-16(21-20-13)8-15-10-22(11-17(15)23)12-18(24)19-9-14-5-3-2-4-6-14/h2-7,15,17,23H,8-12H2,1H3,(H,19,24)(H,20,21). The second kappa shape index (κ2) is 7.59. The molecule has 1 aliphatic heterocycles. The number of benzene rings is 1. The van der Waals surface area contributed by atoms with Crippen molar-refractivity contribution in [3.05, 3.63) is 53.3 Å². The number of nitrogens with one attached hydrogen (secondary N) is 2. The zero-order valence-electron chi connectivity index (χ0n) is 13.9.